The van der Waals surface area contributed by atoms with Crippen LogP contribution in [0.1, 0.15) is 64.3 Å². The maximum atomic E-state index is 14.5. The van der Waals surface area contributed by atoms with Crippen molar-refractivity contribution in [1.29, 1.82) is 0 Å². The number of fused-ring (bicyclic) bond motifs is 1. The number of amides is 1. The smallest absolute Gasteiger partial charge is 0.269 e. The Morgan fingerprint density at radius 2 is 2.15 bits per heavy atom. The summed E-state index contributed by atoms with van der Waals surface area (Å²) >= 11 is 1.27. The lowest BCUT2D eigenvalue weighted by Crippen LogP contribution is -2.14. The predicted octanol–water partition coefficient (Wildman–Crippen LogP) is 5.09. The molecule has 1 saturated carbocycles. The summed E-state index contributed by atoms with van der Waals surface area (Å²) in [6.07, 6.45) is 6.34. The molecule has 0 aromatic carbocycles. The molecule has 142 valence electrons. The van der Waals surface area contributed by atoms with Crippen LogP contribution in [0.5, 0.6) is 0 Å². The molecule has 3 heterocycles. The SMILES string of the molecule is Cc1cn2nc(NC(=O)c3sc(C4CCCC(C)C4)cc3F)cc(C)c2n1. The standard InChI is InChI=1S/C20H23FN4OS/c1-11-5-4-6-14(7-11)16-9-15(21)18(27-16)20(26)23-17-8-12(2)19-22-13(3)10-25(19)24-17/h8-11,14H,4-7H2,1-3H3,(H,23,24,26). The van der Waals surface area contributed by atoms with Gasteiger partial charge in [-0.15, -0.1) is 16.4 Å². The van der Waals surface area contributed by atoms with Crippen LogP contribution in [0.15, 0.2) is 18.3 Å². The first-order valence-corrected chi connectivity index (χ1v) is 10.2. The van der Waals surface area contributed by atoms with E-state index >= 15 is 0 Å². The van der Waals surface area contributed by atoms with E-state index in [1.807, 2.05) is 13.8 Å². The molecular formula is C20H23FN4OS. The van der Waals surface area contributed by atoms with Crippen molar-refractivity contribution in [3.05, 3.63) is 45.2 Å². The number of nitrogens with zero attached hydrogens (tertiary/aromatic N) is 3. The van der Waals surface area contributed by atoms with Crippen LogP contribution in [0.3, 0.4) is 0 Å². The Hall–Kier alpha value is -2.28. The first-order chi connectivity index (χ1) is 12.9. The van der Waals surface area contributed by atoms with E-state index in [1.165, 1.54) is 24.2 Å². The Labute approximate surface area is 161 Å². The molecule has 0 radical (unpaired) electrons. The van der Waals surface area contributed by atoms with Gasteiger partial charge in [0.25, 0.3) is 5.91 Å². The second-order valence-corrected chi connectivity index (χ2v) is 8.70. The lowest BCUT2D eigenvalue weighted by atomic mass is 9.82. The fourth-order valence-electron chi connectivity index (χ4n) is 3.91. The molecule has 3 aromatic heterocycles. The van der Waals surface area contributed by atoms with Gasteiger partial charge in [-0.25, -0.2) is 13.9 Å². The monoisotopic (exact) mass is 386 g/mol. The van der Waals surface area contributed by atoms with Crippen LogP contribution in [0, 0.1) is 25.6 Å². The highest BCUT2D eigenvalue weighted by Crippen LogP contribution is 2.39. The Morgan fingerprint density at radius 1 is 1.33 bits per heavy atom. The summed E-state index contributed by atoms with van der Waals surface area (Å²) in [5.41, 5.74) is 2.50. The lowest BCUT2D eigenvalue weighted by Gasteiger charge is -2.25. The topological polar surface area (TPSA) is 59.3 Å². The van der Waals surface area contributed by atoms with Crippen molar-refractivity contribution in [2.45, 2.75) is 52.4 Å². The van der Waals surface area contributed by atoms with Crippen molar-refractivity contribution in [2.75, 3.05) is 5.32 Å². The van der Waals surface area contributed by atoms with Gasteiger partial charge >= 0.3 is 0 Å². The average molecular weight is 386 g/mol. The minimum atomic E-state index is -0.448. The van der Waals surface area contributed by atoms with Crippen LogP contribution >= 0.6 is 11.3 Å². The number of aromatic nitrogens is 3. The second-order valence-electron chi connectivity index (χ2n) is 7.61. The zero-order valence-electron chi connectivity index (χ0n) is 15.8. The van der Waals surface area contributed by atoms with Crippen LogP contribution < -0.4 is 5.32 Å². The minimum absolute atomic E-state index is 0.129. The fraction of sp³-hybridized carbons (Fsp3) is 0.450. The quantitative estimate of drug-likeness (QED) is 0.682. The molecule has 2 unspecified atom stereocenters. The van der Waals surface area contributed by atoms with Gasteiger partial charge in [-0.2, -0.15) is 0 Å². The van der Waals surface area contributed by atoms with E-state index in [9.17, 15) is 9.18 Å². The van der Waals surface area contributed by atoms with E-state index in [0.717, 1.165) is 34.6 Å². The first-order valence-electron chi connectivity index (χ1n) is 9.35. The predicted molar refractivity (Wildman–Crippen MR) is 105 cm³/mol. The van der Waals surface area contributed by atoms with Crippen LogP contribution in [0.2, 0.25) is 0 Å². The van der Waals surface area contributed by atoms with Gasteiger partial charge in [-0.05, 0) is 56.2 Å². The molecule has 0 spiro atoms. The highest BCUT2D eigenvalue weighted by atomic mass is 32.1. The molecule has 27 heavy (non-hydrogen) atoms. The third-order valence-electron chi connectivity index (χ3n) is 5.22. The molecule has 4 rings (SSSR count). The van der Waals surface area contributed by atoms with Crippen molar-refractivity contribution in [1.82, 2.24) is 14.6 Å². The van der Waals surface area contributed by atoms with Gasteiger partial charge in [-0.1, -0.05) is 19.8 Å². The molecule has 5 nitrogen and oxygen atoms in total. The maximum absolute atomic E-state index is 14.5. The fourth-order valence-corrected chi connectivity index (χ4v) is 4.99. The molecule has 1 aliphatic carbocycles. The Morgan fingerprint density at radius 3 is 2.93 bits per heavy atom. The Balaban J connectivity index is 1.56. The van der Waals surface area contributed by atoms with Crippen molar-refractivity contribution in [3.8, 4) is 0 Å². The minimum Gasteiger partial charge on any atom is -0.304 e. The van der Waals surface area contributed by atoms with Crippen molar-refractivity contribution < 1.29 is 9.18 Å². The number of aryl methyl sites for hydroxylation is 2. The number of anilines is 1. The van der Waals surface area contributed by atoms with Crippen LogP contribution in [-0.4, -0.2) is 20.5 Å². The van der Waals surface area contributed by atoms with Gasteiger partial charge in [0.1, 0.15) is 10.7 Å². The zero-order chi connectivity index (χ0) is 19.1. The van der Waals surface area contributed by atoms with Crippen LogP contribution in [0.25, 0.3) is 5.65 Å². The maximum Gasteiger partial charge on any atom is 0.269 e. The van der Waals surface area contributed by atoms with Gasteiger partial charge in [0.05, 0.1) is 11.9 Å². The molecule has 2 atom stereocenters. The summed E-state index contributed by atoms with van der Waals surface area (Å²) in [5.74, 6) is 0.518. The lowest BCUT2D eigenvalue weighted by molar-refractivity contribution is 0.102. The summed E-state index contributed by atoms with van der Waals surface area (Å²) in [5, 5.41) is 7.10. The third kappa shape index (κ3) is 3.60. The van der Waals surface area contributed by atoms with E-state index in [0.29, 0.717) is 17.7 Å². The number of imidazole rings is 1. The molecule has 0 saturated heterocycles. The van der Waals surface area contributed by atoms with Gasteiger partial charge in [0.15, 0.2) is 11.5 Å². The summed E-state index contributed by atoms with van der Waals surface area (Å²) in [6.45, 7) is 6.04. The molecule has 0 bridgehead atoms. The molecule has 1 aliphatic rings. The normalized spacial score (nSPS) is 20.1. The van der Waals surface area contributed by atoms with E-state index in [2.05, 4.69) is 22.3 Å². The summed E-state index contributed by atoms with van der Waals surface area (Å²) in [4.78, 5) is 18.1. The highest BCUT2D eigenvalue weighted by Gasteiger charge is 2.25. The van der Waals surface area contributed by atoms with Gasteiger partial charge in [0.2, 0.25) is 0 Å². The zero-order valence-corrected chi connectivity index (χ0v) is 16.6. The Kier molecular flexibility index (Phi) is 4.72. The molecule has 1 fully saturated rings. The van der Waals surface area contributed by atoms with E-state index in [1.54, 1.807) is 22.8 Å². The number of hydrogen-bond acceptors (Lipinski definition) is 4. The number of nitrogens with one attached hydrogen (secondary N) is 1. The highest BCUT2D eigenvalue weighted by molar-refractivity contribution is 7.14. The largest absolute Gasteiger partial charge is 0.304 e. The van der Waals surface area contributed by atoms with E-state index in [-0.39, 0.29) is 4.88 Å². The van der Waals surface area contributed by atoms with Gasteiger partial charge in [-0.3, -0.25) is 4.79 Å². The average Bonchev–Trinajstić information content (AvgIpc) is 3.17. The number of hydrogen-bond donors (Lipinski definition) is 1. The van der Waals surface area contributed by atoms with E-state index < -0.39 is 11.7 Å². The van der Waals surface area contributed by atoms with Crippen LogP contribution in [0.4, 0.5) is 10.2 Å². The number of rotatable bonds is 3. The number of carbonyl (C=O) groups excluding carboxylic acids is 1. The van der Waals surface area contributed by atoms with Gasteiger partial charge < -0.3 is 5.32 Å². The molecule has 1 N–H and O–H groups in total. The number of thiophene rings is 1. The van der Waals surface area contributed by atoms with Gasteiger partial charge in [0, 0.05) is 4.88 Å². The van der Waals surface area contributed by atoms with E-state index in [4.69, 9.17) is 0 Å². The van der Waals surface area contributed by atoms with Crippen molar-refractivity contribution in [2.24, 2.45) is 5.92 Å². The molecule has 7 heteroatoms. The summed E-state index contributed by atoms with van der Waals surface area (Å²) < 4.78 is 16.1. The van der Waals surface area contributed by atoms with Crippen molar-refractivity contribution in [3.63, 3.8) is 0 Å². The number of halogens is 1. The second kappa shape index (κ2) is 7.03. The summed E-state index contributed by atoms with van der Waals surface area (Å²) in [7, 11) is 0. The third-order valence-corrected chi connectivity index (χ3v) is 6.49. The Bertz CT molecular complexity index is 1010. The molecule has 3 aromatic rings. The van der Waals surface area contributed by atoms with Crippen LogP contribution in [-0.2, 0) is 0 Å². The summed E-state index contributed by atoms with van der Waals surface area (Å²) in [6, 6.07) is 3.30. The molecule has 0 aliphatic heterocycles. The molecular weight excluding hydrogens is 363 g/mol. The number of carbonyl (C=O) groups is 1. The first kappa shape index (κ1) is 18.1. The molecule has 1 amide bonds. The van der Waals surface area contributed by atoms with Crippen molar-refractivity contribution >= 4 is 28.7 Å².